The number of rotatable bonds is 7. The topological polar surface area (TPSA) is 38.1 Å². The van der Waals surface area contributed by atoms with Crippen molar-refractivity contribution in [3.8, 4) is 0 Å². The lowest BCUT2D eigenvalue weighted by atomic mass is 9.81. The Bertz CT molecular complexity index is 345. The molecule has 0 spiro atoms. The van der Waals surface area contributed by atoms with Crippen molar-refractivity contribution in [3.63, 3.8) is 0 Å². The van der Waals surface area contributed by atoms with Crippen LogP contribution < -0.4 is 0 Å². The third-order valence-corrected chi connectivity index (χ3v) is 3.21. The van der Waals surface area contributed by atoms with E-state index in [4.69, 9.17) is 0 Å². The Morgan fingerprint density at radius 1 is 1.22 bits per heavy atom. The van der Waals surface area contributed by atoms with Gasteiger partial charge in [0, 0.05) is 13.2 Å². The highest BCUT2D eigenvalue weighted by Crippen LogP contribution is 2.29. The minimum absolute atomic E-state index is 0.530. The number of nitrogens with zero attached hydrogens (tertiary/aromatic N) is 2. The summed E-state index contributed by atoms with van der Waals surface area (Å²) >= 11 is 0. The molecule has 0 unspecified atom stereocenters. The maximum Gasteiger partial charge on any atom is 0.0655 e. The summed E-state index contributed by atoms with van der Waals surface area (Å²) in [5.41, 5.74) is 0.682. The van der Waals surface area contributed by atoms with Crippen LogP contribution in [0.1, 0.15) is 52.5 Å². The third kappa shape index (κ3) is 5.21. The summed E-state index contributed by atoms with van der Waals surface area (Å²) in [6.07, 6.45) is 7.42. The van der Waals surface area contributed by atoms with Gasteiger partial charge in [0.2, 0.25) is 0 Å². The molecule has 0 fully saturated rings. The second kappa shape index (κ2) is 6.37. The average molecular weight is 252 g/mol. The fourth-order valence-electron chi connectivity index (χ4n) is 2.79. The first kappa shape index (κ1) is 15.2. The molecule has 0 saturated carbocycles. The summed E-state index contributed by atoms with van der Waals surface area (Å²) in [4.78, 5) is 0. The van der Waals surface area contributed by atoms with Crippen LogP contribution in [0, 0.1) is 11.8 Å². The lowest BCUT2D eigenvalue weighted by molar-refractivity contribution is -0.00707. The Kier molecular flexibility index (Phi) is 5.39. The van der Waals surface area contributed by atoms with E-state index >= 15 is 0 Å². The van der Waals surface area contributed by atoms with Gasteiger partial charge >= 0.3 is 0 Å². The van der Waals surface area contributed by atoms with Gasteiger partial charge in [-0.05, 0) is 43.1 Å². The SMILES string of the molecule is CC(C)CC(O)(CCc1cnn(C)c1)CC(C)C. The van der Waals surface area contributed by atoms with E-state index in [9.17, 15) is 5.11 Å². The van der Waals surface area contributed by atoms with E-state index in [2.05, 4.69) is 32.8 Å². The molecule has 1 aromatic heterocycles. The molecule has 0 radical (unpaired) electrons. The van der Waals surface area contributed by atoms with Gasteiger partial charge in [0.25, 0.3) is 0 Å². The molecule has 0 aliphatic carbocycles. The normalized spacial score (nSPS) is 12.7. The molecule has 1 heterocycles. The predicted molar refractivity (Wildman–Crippen MR) is 75.4 cm³/mol. The quantitative estimate of drug-likeness (QED) is 0.809. The highest BCUT2D eigenvalue weighted by molar-refractivity contribution is 5.04. The van der Waals surface area contributed by atoms with Gasteiger partial charge in [0.05, 0.1) is 11.8 Å². The maximum absolute atomic E-state index is 10.8. The van der Waals surface area contributed by atoms with Gasteiger partial charge in [-0.2, -0.15) is 5.10 Å². The highest BCUT2D eigenvalue weighted by Gasteiger charge is 2.28. The van der Waals surface area contributed by atoms with Crippen LogP contribution in [0.2, 0.25) is 0 Å². The van der Waals surface area contributed by atoms with Crippen LogP contribution in [-0.4, -0.2) is 20.5 Å². The van der Waals surface area contributed by atoms with E-state index in [1.165, 1.54) is 5.56 Å². The van der Waals surface area contributed by atoms with Crippen molar-refractivity contribution >= 4 is 0 Å². The first-order valence-electron chi connectivity index (χ1n) is 7.00. The van der Waals surface area contributed by atoms with Gasteiger partial charge < -0.3 is 5.11 Å². The molecule has 18 heavy (non-hydrogen) atoms. The summed E-state index contributed by atoms with van der Waals surface area (Å²) in [7, 11) is 1.93. The molecule has 0 aliphatic heterocycles. The molecule has 1 N–H and O–H groups in total. The summed E-state index contributed by atoms with van der Waals surface area (Å²) in [6, 6.07) is 0. The smallest absolute Gasteiger partial charge is 0.0655 e. The summed E-state index contributed by atoms with van der Waals surface area (Å²) in [6.45, 7) is 8.70. The van der Waals surface area contributed by atoms with Crippen molar-refractivity contribution < 1.29 is 5.11 Å². The van der Waals surface area contributed by atoms with E-state index in [1.807, 2.05) is 24.1 Å². The van der Waals surface area contributed by atoms with Gasteiger partial charge in [-0.15, -0.1) is 0 Å². The molecule has 3 heteroatoms. The second-order valence-electron chi connectivity index (χ2n) is 6.44. The van der Waals surface area contributed by atoms with Crippen molar-refractivity contribution in [2.24, 2.45) is 18.9 Å². The van der Waals surface area contributed by atoms with Gasteiger partial charge in [-0.1, -0.05) is 27.7 Å². The van der Waals surface area contributed by atoms with Gasteiger partial charge in [0.1, 0.15) is 0 Å². The van der Waals surface area contributed by atoms with Crippen molar-refractivity contribution in [3.05, 3.63) is 18.0 Å². The van der Waals surface area contributed by atoms with Crippen LogP contribution in [0.25, 0.3) is 0 Å². The first-order valence-corrected chi connectivity index (χ1v) is 7.00. The fourth-order valence-corrected chi connectivity index (χ4v) is 2.79. The fraction of sp³-hybridized carbons (Fsp3) is 0.800. The zero-order valence-corrected chi connectivity index (χ0v) is 12.5. The van der Waals surface area contributed by atoms with E-state index in [1.54, 1.807) is 0 Å². The largest absolute Gasteiger partial charge is 0.390 e. The molecule has 1 rings (SSSR count). The minimum Gasteiger partial charge on any atom is -0.390 e. The maximum atomic E-state index is 10.8. The van der Waals surface area contributed by atoms with Gasteiger partial charge in [-0.25, -0.2) is 0 Å². The van der Waals surface area contributed by atoms with Crippen LogP contribution in [0.3, 0.4) is 0 Å². The summed E-state index contributed by atoms with van der Waals surface area (Å²) < 4.78 is 1.82. The Hall–Kier alpha value is -0.830. The molecule has 0 atom stereocenters. The van der Waals surface area contributed by atoms with Crippen LogP contribution in [0.15, 0.2) is 12.4 Å². The monoisotopic (exact) mass is 252 g/mol. The Balaban J connectivity index is 2.60. The lowest BCUT2D eigenvalue weighted by Crippen LogP contribution is -2.33. The van der Waals surface area contributed by atoms with Crippen LogP contribution >= 0.6 is 0 Å². The third-order valence-electron chi connectivity index (χ3n) is 3.21. The van der Waals surface area contributed by atoms with E-state index in [-0.39, 0.29) is 0 Å². The van der Waals surface area contributed by atoms with Gasteiger partial charge in [0.15, 0.2) is 0 Å². The predicted octanol–water partition coefficient (Wildman–Crippen LogP) is 3.18. The zero-order valence-electron chi connectivity index (χ0n) is 12.5. The Labute approximate surface area is 111 Å². The summed E-state index contributed by atoms with van der Waals surface area (Å²) in [5, 5.41) is 15.0. The van der Waals surface area contributed by atoms with Crippen molar-refractivity contribution in [1.29, 1.82) is 0 Å². The molecule has 0 bridgehead atoms. The van der Waals surface area contributed by atoms with Crippen LogP contribution in [0.5, 0.6) is 0 Å². The second-order valence-corrected chi connectivity index (χ2v) is 6.44. The molecule has 0 amide bonds. The number of aliphatic hydroxyl groups is 1. The zero-order chi connectivity index (χ0) is 13.8. The molecule has 1 aromatic rings. The highest BCUT2D eigenvalue weighted by atomic mass is 16.3. The molecule has 104 valence electrons. The van der Waals surface area contributed by atoms with Crippen molar-refractivity contribution in [2.75, 3.05) is 0 Å². The molecular formula is C15H28N2O. The molecule has 0 aromatic carbocycles. The lowest BCUT2D eigenvalue weighted by Gasteiger charge is -2.31. The number of aromatic nitrogens is 2. The molecular weight excluding hydrogens is 224 g/mol. The first-order chi connectivity index (χ1) is 8.31. The van der Waals surface area contributed by atoms with E-state index in [0.717, 1.165) is 25.7 Å². The van der Waals surface area contributed by atoms with Crippen LogP contribution in [-0.2, 0) is 13.5 Å². The Morgan fingerprint density at radius 2 is 1.78 bits per heavy atom. The molecule has 3 nitrogen and oxygen atoms in total. The summed E-state index contributed by atoms with van der Waals surface area (Å²) in [5.74, 6) is 1.06. The van der Waals surface area contributed by atoms with E-state index < -0.39 is 5.60 Å². The van der Waals surface area contributed by atoms with E-state index in [0.29, 0.717) is 11.8 Å². The Morgan fingerprint density at radius 3 is 2.17 bits per heavy atom. The standard InChI is InChI=1S/C15H28N2O/c1-12(2)8-15(18,9-13(3)4)7-6-14-10-16-17(5)11-14/h10-13,18H,6-9H2,1-5H3. The minimum atomic E-state index is -0.530. The number of aryl methyl sites for hydroxylation is 2. The molecule has 0 aliphatic rings. The van der Waals surface area contributed by atoms with Crippen LogP contribution in [0.4, 0.5) is 0 Å². The van der Waals surface area contributed by atoms with Gasteiger partial charge in [-0.3, -0.25) is 4.68 Å². The average Bonchev–Trinajstić information content (AvgIpc) is 2.59. The number of hydrogen-bond acceptors (Lipinski definition) is 2. The van der Waals surface area contributed by atoms with Crippen molar-refractivity contribution in [2.45, 2.75) is 59.0 Å². The number of hydrogen-bond donors (Lipinski definition) is 1. The molecule has 0 saturated heterocycles. The van der Waals surface area contributed by atoms with Crippen molar-refractivity contribution in [1.82, 2.24) is 9.78 Å².